The van der Waals surface area contributed by atoms with E-state index in [1.807, 2.05) is 0 Å². The van der Waals surface area contributed by atoms with Gasteiger partial charge in [0.25, 0.3) is 11.8 Å². The van der Waals surface area contributed by atoms with E-state index in [1.54, 1.807) is 24.3 Å². The number of nitrogens with zero attached hydrogens (tertiary/aromatic N) is 2. The molecule has 0 radical (unpaired) electrons. The summed E-state index contributed by atoms with van der Waals surface area (Å²) in [4.78, 5) is 12.4. The van der Waals surface area contributed by atoms with Crippen LogP contribution >= 0.6 is 0 Å². The van der Waals surface area contributed by atoms with Gasteiger partial charge in [-0.1, -0.05) is 11.2 Å². The van der Waals surface area contributed by atoms with Crippen LogP contribution in [0.15, 0.2) is 71.1 Å². The van der Waals surface area contributed by atoms with E-state index in [0.29, 0.717) is 17.1 Å². The Morgan fingerprint density at radius 3 is 2.53 bits per heavy atom. The molecule has 4 rings (SSSR count). The number of hydrogen-bond acceptors (Lipinski definition) is 7. The van der Waals surface area contributed by atoms with Crippen molar-refractivity contribution in [3.8, 4) is 34.5 Å². The van der Waals surface area contributed by atoms with Crippen molar-refractivity contribution >= 4 is 11.9 Å². The number of phenols is 2. The lowest BCUT2D eigenvalue weighted by molar-refractivity contribution is 0.102. The molecule has 0 aliphatic heterocycles. The van der Waals surface area contributed by atoms with Gasteiger partial charge in [0.15, 0.2) is 0 Å². The van der Waals surface area contributed by atoms with Crippen LogP contribution in [-0.4, -0.2) is 26.3 Å². The van der Waals surface area contributed by atoms with Gasteiger partial charge >= 0.3 is 6.01 Å². The molecule has 0 unspecified atom stereocenters. The predicted octanol–water partition coefficient (Wildman–Crippen LogP) is 4.33. The zero-order chi connectivity index (χ0) is 21.1. The molecule has 0 bridgehead atoms. The molecule has 1 amide bonds. The van der Waals surface area contributed by atoms with Crippen molar-refractivity contribution in [2.24, 2.45) is 0 Å². The van der Waals surface area contributed by atoms with E-state index >= 15 is 0 Å². The molecule has 0 saturated carbocycles. The number of carbonyl (C=O) groups is 1. The lowest BCUT2D eigenvalue weighted by Gasteiger charge is -2.07. The Labute approximate surface area is 169 Å². The number of carbonyl (C=O) groups excluding carboxylic acids is 1. The van der Waals surface area contributed by atoms with Crippen molar-refractivity contribution in [3.63, 3.8) is 0 Å². The van der Waals surface area contributed by atoms with E-state index in [4.69, 9.17) is 9.15 Å². The second-order valence-electron chi connectivity index (χ2n) is 6.15. The smallest absolute Gasteiger partial charge is 0.322 e. The van der Waals surface area contributed by atoms with Gasteiger partial charge in [-0.25, -0.2) is 4.39 Å². The number of benzene rings is 3. The molecule has 8 nitrogen and oxygen atoms in total. The third-order valence-electron chi connectivity index (χ3n) is 4.00. The minimum absolute atomic E-state index is 0.0106. The molecule has 9 heteroatoms. The fraction of sp³-hybridized carbons (Fsp3) is 0. The number of rotatable bonds is 5. The predicted molar refractivity (Wildman–Crippen MR) is 104 cm³/mol. The maximum absolute atomic E-state index is 13.4. The fourth-order valence-corrected chi connectivity index (χ4v) is 2.59. The largest absolute Gasteiger partial charge is 0.508 e. The standard InChI is InChI=1S/C21H14FN3O5/c22-13-6-9-18(27)17(10-13)20-24-25-21(30-20)23-19(28)12-4-7-15(8-5-12)29-16-3-1-2-14(26)11-16/h1-11,26-27H,(H,23,25,28). The molecule has 0 fully saturated rings. The van der Waals surface area contributed by atoms with E-state index in [0.717, 1.165) is 18.2 Å². The van der Waals surface area contributed by atoms with Crippen LogP contribution in [0.1, 0.15) is 10.4 Å². The van der Waals surface area contributed by atoms with Gasteiger partial charge < -0.3 is 19.4 Å². The highest BCUT2D eigenvalue weighted by Gasteiger charge is 2.16. The third kappa shape index (κ3) is 4.20. The SMILES string of the molecule is O=C(Nc1nnc(-c2cc(F)ccc2O)o1)c1ccc(Oc2cccc(O)c2)cc1. The number of amides is 1. The highest BCUT2D eigenvalue weighted by Crippen LogP contribution is 2.30. The summed E-state index contributed by atoms with van der Waals surface area (Å²) in [6, 6.07) is 15.6. The quantitative estimate of drug-likeness (QED) is 0.451. The van der Waals surface area contributed by atoms with E-state index in [-0.39, 0.29) is 29.0 Å². The van der Waals surface area contributed by atoms with Crippen molar-refractivity contribution in [1.82, 2.24) is 10.2 Å². The Kier molecular flexibility index (Phi) is 5.00. The first-order valence-electron chi connectivity index (χ1n) is 8.68. The number of nitrogens with one attached hydrogen (secondary N) is 1. The van der Waals surface area contributed by atoms with Crippen molar-refractivity contribution in [2.75, 3.05) is 5.32 Å². The Morgan fingerprint density at radius 1 is 0.967 bits per heavy atom. The molecule has 1 heterocycles. The molecule has 1 aromatic heterocycles. The first-order valence-corrected chi connectivity index (χ1v) is 8.68. The van der Waals surface area contributed by atoms with Crippen LogP contribution < -0.4 is 10.1 Å². The Hall–Kier alpha value is -4.40. The van der Waals surface area contributed by atoms with Crippen LogP contribution in [0, 0.1) is 5.82 Å². The second-order valence-corrected chi connectivity index (χ2v) is 6.15. The number of aromatic nitrogens is 2. The zero-order valence-corrected chi connectivity index (χ0v) is 15.2. The summed E-state index contributed by atoms with van der Waals surface area (Å²) in [5.74, 6) is -0.478. The van der Waals surface area contributed by atoms with Crippen LogP contribution in [0.5, 0.6) is 23.0 Å². The summed E-state index contributed by atoms with van der Waals surface area (Å²) in [6.07, 6.45) is 0. The van der Waals surface area contributed by atoms with Gasteiger partial charge in [0, 0.05) is 11.6 Å². The van der Waals surface area contributed by atoms with Crippen LogP contribution in [0.3, 0.4) is 0 Å². The molecule has 0 aliphatic carbocycles. The van der Waals surface area contributed by atoms with Gasteiger partial charge in [-0.2, -0.15) is 0 Å². The average Bonchev–Trinajstić information content (AvgIpc) is 3.18. The van der Waals surface area contributed by atoms with Gasteiger partial charge in [0.05, 0.1) is 5.56 Å². The number of ether oxygens (including phenoxy) is 1. The highest BCUT2D eigenvalue weighted by molar-refractivity contribution is 6.03. The molecular weight excluding hydrogens is 393 g/mol. The molecule has 0 spiro atoms. The van der Waals surface area contributed by atoms with Crippen molar-refractivity contribution < 1.29 is 28.6 Å². The summed E-state index contributed by atoms with van der Waals surface area (Å²) in [5.41, 5.74) is 0.308. The minimum atomic E-state index is -0.584. The van der Waals surface area contributed by atoms with Gasteiger partial charge in [0.1, 0.15) is 28.8 Å². The van der Waals surface area contributed by atoms with Crippen LogP contribution in [0.4, 0.5) is 10.4 Å². The van der Waals surface area contributed by atoms with Crippen molar-refractivity contribution in [2.45, 2.75) is 0 Å². The van der Waals surface area contributed by atoms with E-state index in [2.05, 4.69) is 15.5 Å². The Bertz CT molecular complexity index is 1210. The van der Waals surface area contributed by atoms with Gasteiger partial charge in [-0.05, 0) is 54.6 Å². The van der Waals surface area contributed by atoms with Crippen LogP contribution in [0.25, 0.3) is 11.5 Å². The maximum Gasteiger partial charge on any atom is 0.322 e. The number of anilines is 1. The molecule has 30 heavy (non-hydrogen) atoms. The number of phenolic OH excluding ortho intramolecular Hbond substituents is 2. The first-order chi connectivity index (χ1) is 14.5. The fourth-order valence-electron chi connectivity index (χ4n) is 2.59. The topological polar surface area (TPSA) is 118 Å². The summed E-state index contributed by atoms with van der Waals surface area (Å²) in [6.45, 7) is 0. The van der Waals surface area contributed by atoms with E-state index < -0.39 is 11.7 Å². The molecule has 0 atom stereocenters. The highest BCUT2D eigenvalue weighted by atomic mass is 19.1. The summed E-state index contributed by atoms with van der Waals surface area (Å²) in [5, 5.41) is 29.1. The molecular formula is C21H14FN3O5. The zero-order valence-electron chi connectivity index (χ0n) is 15.2. The Morgan fingerprint density at radius 2 is 1.77 bits per heavy atom. The summed E-state index contributed by atoms with van der Waals surface area (Å²) >= 11 is 0. The molecule has 3 aromatic carbocycles. The van der Waals surface area contributed by atoms with Gasteiger partial charge in [-0.3, -0.25) is 10.1 Å². The van der Waals surface area contributed by atoms with Crippen molar-refractivity contribution in [3.05, 3.63) is 78.1 Å². The van der Waals surface area contributed by atoms with Crippen LogP contribution in [0.2, 0.25) is 0 Å². The van der Waals surface area contributed by atoms with Crippen molar-refractivity contribution in [1.29, 1.82) is 0 Å². The van der Waals surface area contributed by atoms with Gasteiger partial charge in [0.2, 0.25) is 0 Å². The molecule has 150 valence electrons. The normalized spacial score (nSPS) is 10.6. The van der Waals surface area contributed by atoms with Gasteiger partial charge in [-0.15, -0.1) is 5.10 Å². The Balaban J connectivity index is 1.44. The molecule has 4 aromatic rings. The lowest BCUT2D eigenvalue weighted by Crippen LogP contribution is -2.11. The third-order valence-corrected chi connectivity index (χ3v) is 4.00. The number of halogens is 1. The maximum atomic E-state index is 13.4. The first kappa shape index (κ1) is 18.9. The molecule has 0 saturated heterocycles. The number of aromatic hydroxyl groups is 2. The number of hydrogen-bond donors (Lipinski definition) is 3. The minimum Gasteiger partial charge on any atom is -0.508 e. The monoisotopic (exact) mass is 407 g/mol. The summed E-state index contributed by atoms with van der Waals surface area (Å²) in [7, 11) is 0. The lowest BCUT2D eigenvalue weighted by atomic mass is 10.2. The second kappa shape index (κ2) is 7.92. The summed E-state index contributed by atoms with van der Waals surface area (Å²) < 4.78 is 24.2. The molecule has 3 N–H and O–H groups in total. The average molecular weight is 407 g/mol. The van der Waals surface area contributed by atoms with E-state index in [1.165, 1.54) is 24.3 Å². The molecule has 0 aliphatic rings. The van der Waals surface area contributed by atoms with Crippen LogP contribution in [-0.2, 0) is 0 Å². The van der Waals surface area contributed by atoms with E-state index in [9.17, 15) is 19.4 Å².